The summed E-state index contributed by atoms with van der Waals surface area (Å²) >= 11 is 0. The second-order valence-corrected chi connectivity index (χ2v) is 10.2. The van der Waals surface area contributed by atoms with Gasteiger partial charge in [0.2, 0.25) is 0 Å². The first-order valence-corrected chi connectivity index (χ1v) is 14.5. The van der Waals surface area contributed by atoms with E-state index in [1.54, 1.807) is 0 Å². The molecule has 0 aliphatic carbocycles. The van der Waals surface area contributed by atoms with Gasteiger partial charge in [0, 0.05) is 0 Å². The van der Waals surface area contributed by atoms with Crippen LogP contribution in [0, 0.1) is 0 Å². The van der Waals surface area contributed by atoms with E-state index >= 15 is 0 Å². The van der Waals surface area contributed by atoms with E-state index in [2.05, 4.69) is 13.8 Å². The SMILES string of the molecule is CCCCCCCCCCCCCCCCCCC[C@@H]1O[C@@H]1CCCCCCCC. The minimum atomic E-state index is 0.636. The molecule has 0 unspecified atom stereocenters. The van der Waals surface area contributed by atoms with Gasteiger partial charge in [-0.3, -0.25) is 0 Å². The molecule has 1 nitrogen and oxygen atoms in total. The molecule has 1 heterocycles. The molecule has 0 spiro atoms. The minimum absolute atomic E-state index is 0.636. The van der Waals surface area contributed by atoms with E-state index in [-0.39, 0.29) is 0 Å². The van der Waals surface area contributed by atoms with Gasteiger partial charge in [0.25, 0.3) is 0 Å². The van der Waals surface area contributed by atoms with Crippen LogP contribution in [0.3, 0.4) is 0 Å². The third kappa shape index (κ3) is 18.7. The molecule has 0 aromatic heterocycles. The summed E-state index contributed by atoms with van der Waals surface area (Å²) in [6.07, 6.45) is 37.2. The van der Waals surface area contributed by atoms with E-state index in [1.807, 2.05) is 0 Å². The Hall–Kier alpha value is -0.0400. The topological polar surface area (TPSA) is 12.5 Å². The molecular weight excluding hydrogens is 364 g/mol. The highest BCUT2D eigenvalue weighted by atomic mass is 16.6. The van der Waals surface area contributed by atoms with Crippen molar-refractivity contribution < 1.29 is 4.74 Å². The largest absolute Gasteiger partial charge is 0.370 e. The van der Waals surface area contributed by atoms with Gasteiger partial charge < -0.3 is 4.74 Å². The van der Waals surface area contributed by atoms with Crippen LogP contribution in [0.1, 0.15) is 174 Å². The molecule has 0 aromatic rings. The third-order valence-corrected chi connectivity index (χ3v) is 7.12. The van der Waals surface area contributed by atoms with E-state index in [9.17, 15) is 0 Å². The number of hydrogen-bond acceptors (Lipinski definition) is 1. The van der Waals surface area contributed by atoms with Crippen LogP contribution in [-0.2, 0) is 4.74 Å². The van der Waals surface area contributed by atoms with Gasteiger partial charge in [-0.1, -0.05) is 162 Å². The molecular formula is C29H58O. The lowest BCUT2D eigenvalue weighted by Crippen LogP contribution is -1.94. The first-order valence-electron chi connectivity index (χ1n) is 14.5. The number of unbranched alkanes of at least 4 members (excludes halogenated alkanes) is 21. The molecule has 1 aliphatic rings. The maximum absolute atomic E-state index is 5.87. The lowest BCUT2D eigenvalue weighted by molar-refractivity contribution is 0.347. The molecule has 180 valence electrons. The summed E-state index contributed by atoms with van der Waals surface area (Å²) < 4.78 is 5.87. The quantitative estimate of drug-likeness (QED) is 0.105. The van der Waals surface area contributed by atoms with Crippen LogP contribution in [0.2, 0.25) is 0 Å². The van der Waals surface area contributed by atoms with Gasteiger partial charge in [-0.25, -0.2) is 0 Å². The Labute approximate surface area is 191 Å². The number of hydrogen-bond donors (Lipinski definition) is 0. The maximum Gasteiger partial charge on any atom is 0.0841 e. The Balaban J connectivity index is 1.66. The molecule has 0 N–H and O–H groups in total. The Morgan fingerprint density at radius 2 is 0.567 bits per heavy atom. The number of rotatable bonds is 25. The predicted octanol–water partition coefficient (Wildman–Crippen LogP) is 10.5. The van der Waals surface area contributed by atoms with E-state index in [0.29, 0.717) is 12.2 Å². The van der Waals surface area contributed by atoms with Crippen molar-refractivity contribution in [2.45, 2.75) is 187 Å². The van der Waals surface area contributed by atoms with Gasteiger partial charge in [-0.15, -0.1) is 0 Å². The molecule has 0 saturated carbocycles. The smallest absolute Gasteiger partial charge is 0.0841 e. The first kappa shape index (κ1) is 28.0. The summed E-state index contributed by atoms with van der Waals surface area (Å²) in [4.78, 5) is 0. The zero-order valence-corrected chi connectivity index (χ0v) is 21.2. The third-order valence-electron chi connectivity index (χ3n) is 7.12. The zero-order valence-electron chi connectivity index (χ0n) is 21.2. The second kappa shape index (κ2) is 22.2. The van der Waals surface area contributed by atoms with Crippen molar-refractivity contribution in [3.05, 3.63) is 0 Å². The van der Waals surface area contributed by atoms with Gasteiger partial charge in [0.15, 0.2) is 0 Å². The van der Waals surface area contributed by atoms with Gasteiger partial charge in [0.05, 0.1) is 12.2 Å². The first-order chi connectivity index (χ1) is 14.9. The summed E-state index contributed by atoms with van der Waals surface area (Å²) in [6, 6.07) is 0. The predicted molar refractivity (Wildman–Crippen MR) is 135 cm³/mol. The fraction of sp³-hybridized carbons (Fsp3) is 1.00. The van der Waals surface area contributed by atoms with Crippen LogP contribution < -0.4 is 0 Å². The highest BCUT2D eigenvalue weighted by Crippen LogP contribution is 2.31. The van der Waals surface area contributed by atoms with Crippen molar-refractivity contribution in [1.82, 2.24) is 0 Å². The lowest BCUT2D eigenvalue weighted by atomic mass is 10.0. The monoisotopic (exact) mass is 422 g/mol. The molecule has 0 amide bonds. The van der Waals surface area contributed by atoms with Crippen molar-refractivity contribution in [2.24, 2.45) is 0 Å². The van der Waals surface area contributed by atoms with Crippen molar-refractivity contribution in [2.75, 3.05) is 0 Å². The van der Waals surface area contributed by atoms with E-state index in [0.717, 1.165) is 0 Å². The summed E-state index contributed by atoms with van der Waals surface area (Å²) in [6.45, 7) is 4.60. The van der Waals surface area contributed by atoms with Crippen LogP contribution in [0.4, 0.5) is 0 Å². The fourth-order valence-electron chi connectivity index (χ4n) is 4.88. The van der Waals surface area contributed by atoms with Crippen molar-refractivity contribution >= 4 is 0 Å². The molecule has 1 fully saturated rings. The lowest BCUT2D eigenvalue weighted by Gasteiger charge is -2.03. The average Bonchev–Trinajstić information content (AvgIpc) is 3.51. The fourth-order valence-corrected chi connectivity index (χ4v) is 4.88. The molecule has 2 atom stereocenters. The van der Waals surface area contributed by atoms with Crippen LogP contribution in [0.25, 0.3) is 0 Å². The normalized spacial score (nSPS) is 18.2. The number of epoxide rings is 1. The van der Waals surface area contributed by atoms with Crippen LogP contribution >= 0.6 is 0 Å². The zero-order chi connectivity index (χ0) is 21.5. The second-order valence-electron chi connectivity index (χ2n) is 10.2. The Morgan fingerprint density at radius 1 is 0.333 bits per heavy atom. The highest BCUT2D eigenvalue weighted by Gasteiger charge is 2.36. The van der Waals surface area contributed by atoms with E-state index in [4.69, 9.17) is 4.74 Å². The standard InChI is InChI=1S/C29H58O/c1-3-5-7-9-11-12-13-14-15-16-17-18-19-20-21-23-25-27-29-28(30-29)26-24-22-10-8-6-4-2/h28-29H,3-27H2,1-2H3/t28-,29+/m1/s1. The maximum atomic E-state index is 5.87. The van der Waals surface area contributed by atoms with Crippen LogP contribution in [0.5, 0.6) is 0 Å². The molecule has 30 heavy (non-hydrogen) atoms. The molecule has 1 aliphatic heterocycles. The molecule has 0 aromatic carbocycles. The van der Waals surface area contributed by atoms with Gasteiger partial charge in [0.1, 0.15) is 0 Å². The summed E-state index contributed by atoms with van der Waals surface area (Å²) in [7, 11) is 0. The van der Waals surface area contributed by atoms with E-state index < -0.39 is 0 Å². The molecule has 0 radical (unpaired) electrons. The van der Waals surface area contributed by atoms with Crippen molar-refractivity contribution in [3.63, 3.8) is 0 Å². The van der Waals surface area contributed by atoms with Crippen molar-refractivity contribution in [3.8, 4) is 0 Å². The molecule has 1 heteroatoms. The van der Waals surface area contributed by atoms with Crippen LogP contribution in [0.15, 0.2) is 0 Å². The Bertz CT molecular complexity index is 326. The highest BCUT2D eigenvalue weighted by molar-refractivity contribution is 4.84. The molecule has 0 bridgehead atoms. The van der Waals surface area contributed by atoms with Crippen LogP contribution in [-0.4, -0.2) is 12.2 Å². The Morgan fingerprint density at radius 3 is 0.833 bits per heavy atom. The average molecular weight is 423 g/mol. The van der Waals surface area contributed by atoms with E-state index in [1.165, 1.54) is 161 Å². The Kier molecular flexibility index (Phi) is 20.7. The number of ether oxygens (including phenoxy) is 1. The van der Waals surface area contributed by atoms with Crippen molar-refractivity contribution in [1.29, 1.82) is 0 Å². The molecule has 1 saturated heterocycles. The molecule has 1 rings (SSSR count). The minimum Gasteiger partial charge on any atom is -0.370 e. The van der Waals surface area contributed by atoms with Gasteiger partial charge >= 0.3 is 0 Å². The summed E-state index contributed by atoms with van der Waals surface area (Å²) in [5, 5.41) is 0. The summed E-state index contributed by atoms with van der Waals surface area (Å²) in [5.74, 6) is 0. The summed E-state index contributed by atoms with van der Waals surface area (Å²) in [5.41, 5.74) is 0. The van der Waals surface area contributed by atoms with Gasteiger partial charge in [-0.2, -0.15) is 0 Å². The van der Waals surface area contributed by atoms with Gasteiger partial charge in [-0.05, 0) is 12.8 Å².